The summed E-state index contributed by atoms with van der Waals surface area (Å²) in [6, 6.07) is 1.59. The fourth-order valence-electron chi connectivity index (χ4n) is 2.97. The van der Waals surface area contributed by atoms with Crippen molar-refractivity contribution in [3.05, 3.63) is 0 Å². The molecule has 2 bridgehead atoms. The van der Waals surface area contributed by atoms with E-state index in [1.807, 2.05) is 0 Å². The number of nitrogens with one attached hydrogen (secondary N) is 1. The fraction of sp³-hybridized carbons (Fsp3) is 1.00. The Morgan fingerprint density at radius 3 is 2.60 bits per heavy atom. The molecule has 88 valence electrons. The smallest absolute Gasteiger partial charge is 0.0110 e. The van der Waals surface area contributed by atoms with Gasteiger partial charge in [0.2, 0.25) is 0 Å². The lowest BCUT2D eigenvalue weighted by Gasteiger charge is -2.28. The van der Waals surface area contributed by atoms with Crippen LogP contribution in [0.25, 0.3) is 0 Å². The third-order valence-electron chi connectivity index (χ3n) is 4.39. The summed E-state index contributed by atoms with van der Waals surface area (Å²) in [4.78, 5) is 2.70. The highest BCUT2D eigenvalue weighted by Crippen LogP contribution is 2.36. The first kappa shape index (κ1) is 11.4. The predicted octanol–water partition coefficient (Wildman–Crippen LogP) is 2.10. The third kappa shape index (κ3) is 2.73. The molecule has 1 saturated carbocycles. The van der Waals surface area contributed by atoms with Gasteiger partial charge in [-0.25, -0.2) is 0 Å². The van der Waals surface area contributed by atoms with Crippen molar-refractivity contribution in [2.24, 2.45) is 11.8 Å². The van der Waals surface area contributed by atoms with Crippen LogP contribution in [0.1, 0.15) is 40.0 Å². The van der Waals surface area contributed by atoms with Crippen molar-refractivity contribution in [3.63, 3.8) is 0 Å². The molecule has 0 aromatic heterocycles. The number of likely N-dealkylation sites (tertiary alicyclic amines) is 1. The first-order valence-electron chi connectivity index (χ1n) is 6.64. The van der Waals surface area contributed by atoms with E-state index in [4.69, 9.17) is 0 Å². The summed E-state index contributed by atoms with van der Waals surface area (Å²) in [6.07, 6.45) is 4.45. The van der Waals surface area contributed by atoms with Crippen LogP contribution in [0.15, 0.2) is 0 Å². The monoisotopic (exact) mass is 210 g/mol. The molecule has 2 heteroatoms. The van der Waals surface area contributed by atoms with Crippen molar-refractivity contribution in [2.45, 2.75) is 52.1 Å². The molecule has 2 nitrogen and oxygen atoms in total. The van der Waals surface area contributed by atoms with Crippen LogP contribution in [0, 0.1) is 11.8 Å². The molecule has 15 heavy (non-hydrogen) atoms. The zero-order valence-electron chi connectivity index (χ0n) is 10.5. The second-order valence-corrected chi connectivity index (χ2v) is 5.81. The summed E-state index contributed by atoms with van der Waals surface area (Å²) >= 11 is 0. The van der Waals surface area contributed by atoms with Gasteiger partial charge in [-0.15, -0.1) is 0 Å². The standard InChI is InChI=1S/C13H26N2/c1-10(2)11(3)14-6-7-15-9-12-4-5-13(15)8-12/h10-14H,4-9H2,1-3H3. The summed E-state index contributed by atoms with van der Waals surface area (Å²) in [5.74, 6) is 1.79. The SMILES string of the molecule is CC(C)C(C)NCCN1CC2CCC1C2. The lowest BCUT2D eigenvalue weighted by molar-refractivity contribution is 0.210. The van der Waals surface area contributed by atoms with E-state index in [1.54, 1.807) is 0 Å². The van der Waals surface area contributed by atoms with Gasteiger partial charge in [-0.05, 0) is 38.0 Å². The van der Waals surface area contributed by atoms with Gasteiger partial charge in [0.05, 0.1) is 0 Å². The molecular formula is C13H26N2. The Balaban J connectivity index is 1.62. The van der Waals surface area contributed by atoms with E-state index in [0.717, 1.165) is 17.9 Å². The highest BCUT2D eigenvalue weighted by atomic mass is 15.2. The topological polar surface area (TPSA) is 15.3 Å². The summed E-state index contributed by atoms with van der Waals surface area (Å²) in [5, 5.41) is 3.63. The Morgan fingerprint density at radius 1 is 1.27 bits per heavy atom. The molecule has 2 rings (SSSR count). The second-order valence-electron chi connectivity index (χ2n) is 5.81. The van der Waals surface area contributed by atoms with Gasteiger partial charge < -0.3 is 5.32 Å². The molecule has 3 atom stereocenters. The third-order valence-corrected chi connectivity index (χ3v) is 4.39. The highest BCUT2D eigenvalue weighted by Gasteiger charge is 2.36. The molecular weight excluding hydrogens is 184 g/mol. The van der Waals surface area contributed by atoms with Crippen molar-refractivity contribution < 1.29 is 0 Å². The van der Waals surface area contributed by atoms with Gasteiger partial charge in [0, 0.05) is 31.7 Å². The molecule has 2 fully saturated rings. The maximum Gasteiger partial charge on any atom is 0.0110 e. The van der Waals surface area contributed by atoms with Crippen molar-refractivity contribution in [2.75, 3.05) is 19.6 Å². The van der Waals surface area contributed by atoms with Crippen molar-refractivity contribution in [1.82, 2.24) is 10.2 Å². The number of piperidine rings is 1. The maximum absolute atomic E-state index is 3.63. The Labute approximate surface area is 94.4 Å². The zero-order valence-corrected chi connectivity index (χ0v) is 10.5. The first-order valence-corrected chi connectivity index (χ1v) is 6.64. The molecule has 3 unspecified atom stereocenters. The Kier molecular flexibility index (Phi) is 3.68. The summed E-state index contributed by atoms with van der Waals surface area (Å²) in [5.41, 5.74) is 0. The van der Waals surface area contributed by atoms with Crippen LogP contribution in [0.4, 0.5) is 0 Å². The quantitative estimate of drug-likeness (QED) is 0.747. The molecule has 2 aliphatic rings. The Bertz CT molecular complexity index is 203. The second kappa shape index (κ2) is 4.84. The number of nitrogens with zero attached hydrogens (tertiary/aromatic N) is 1. The molecule has 1 aliphatic heterocycles. The minimum Gasteiger partial charge on any atom is -0.313 e. The maximum atomic E-state index is 3.63. The molecule has 1 saturated heterocycles. The average Bonchev–Trinajstić information content (AvgIpc) is 2.78. The van der Waals surface area contributed by atoms with E-state index in [2.05, 4.69) is 31.0 Å². The fourth-order valence-corrected chi connectivity index (χ4v) is 2.97. The largest absolute Gasteiger partial charge is 0.313 e. The molecule has 1 N–H and O–H groups in total. The van der Waals surface area contributed by atoms with E-state index >= 15 is 0 Å². The van der Waals surface area contributed by atoms with Gasteiger partial charge in [0.15, 0.2) is 0 Å². The van der Waals surface area contributed by atoms with E-state index in [9.17, 15) is 0 Å². The molecule has 1 aliphatic carbocycles. The summed E-state index contributed by atoms with van der Waals surface area (Å²) in [7, 11) is 0. The summed E-state index contributed by atoms with van der Waals surface area (Å²) in [6.45, 7) is 10.7. The van der Waals surface area contributed by atoms with Gasteiger partial charge >= 0.3 is 0 Å². The van der Waals surface area contributed by atoms with Gasteiger partial charge in [0.1, 0.15) is 0 Å². The number of hydrogen-bond acceptors (Lipinski definition) is 2. The first-order chi connectivity index (χ1) is 7.16. The Morgan fingerprint density at radius 2 is 2.07 bits per heavy atom. The zero-order chi connectivity index (χ0) is 10.8. The summed E-state index contributed by atoms with van der Waals surface area (Å²) < 4.78 is 0. The lowest BCUT2D eigenvalue weighted by Crippen LogP contribution is -2.41. The van der Waals surface area contributed by atoms with Crippen LogP contribution in [-0.2, 0) is 0 Å². The van der Waals surface area contributed by atoms with Gasteiger partial charge in [0.25, 0.3) is 0 Å². The minimum absolute atomic E-state index is 0.657. The van der Waals surface area contributed by atoms with E-state index in [-0.39, 0.29) is 0 Å². The normalized spacial score (nSPS) is 32.8. The van der Waals surface area contributed by atoms with Crippen LogP contribution in [0.2, 0.25) is 0 Å². The number of rotatable bonds is 5. The van der Waals surface area contributed by atoms with Crippen LogP contribution >= 0.6 is 0 Å². The van der Waals surface area contributed by atoms with Crippen molar-refractivity contribution >= 4 is 0 Å². The van der Waals surface area contributed by atoms with E-state index < -0.39 is 0 Å². The van der Waals surface area contributed by atoms with Gasteiger partial charge in [-0.2, -0.15) is 0 Å². The molecule has 0 amide bonds. The van der Waals surface area contributed by atoms with Gasteiger partial charge in [-0.3, -0.25) is 4.90 Å². The molecule has 0 radical (unpaired) electrons. The lowest BCUT2D eigenvalue weighted by atomic mass is 10.1. The molecule has 0 aromatic carbocycles. The van der Waals surface area contributed by atoms with Crippen molar-refractivity contribution in [3.8, 4) is 0 Å². The Hall–Kier alpha value is -0.0800. The number of hydrogen-bond donors (Lipinski definition) is 1. The van der Waals surface area contributed by atoms with E-state index in [1.165, 1.54) is 38.9 Å². The van der Waals surface area contributed by atoms with E-state index in [0.29, 0.717) is 6.04 Å². The minimum atomic E-state index is 0.657. The van der Waals surface area contributed by atoms with Crippen LogP contribution < -0.4 is 5.32 Å². The molecule has 0 spiro atoms. The van der Waals surface area contributed by atoms with Gasteiger partial charge in [-0.1, -0.05) is 13.8 Å². The number of fused-ring (bicyclic) bond motifs is 2. The highest BCUT2D eigenvalue weighted by molar-refractivity contribution is 4.92. The average molecular weight is 210 g/mol. The molecule has 1 heterocycles. The molecule has 0 aromatic rings. The predicted molar refractivity (Wildman–Crippen MR) is 65.0 cm³/mol. The van der Waals surface area contributed by atoms with Crippen LogP contribution in [0.5, 0.6) is 0 Å². The van der Waals surface area contributed by atoms with Crippen molar-refractivity contribution in [1.29, 1.82) is 0 Å². The van der Waals surface area contributed by atoms with Crippen LogP contribution in [0.3, 0.4) is 0 Å². The van der Waals surface area contributed by atoms with Crippen LogP contribution in [-0.4, -0.2) is 36.6 Å².